The van der Waals surface area contributed by atoms with Crippen LogP contribution in [0.1, 0.15) is 10.4 Å². The smallest absolute Gasteiger partial charge is 0.292 e. The molecule has 0 spiro atoms. The first kappa shape index (κ1) is 17.2. The van der Waals surface area contributed by atoms with E-state index in [0.717, 1.165) is 4.47 Å². The van der Waals surface area contributed by atoms with E-state index in [1.54, 1.807) is 36.4 Å². The zero-order valence-electron chi connectivity index (χ0n) is 11.9. The van der Waals surface area contributed by atoms with Crippen molar-refractivity contribution in [3.8, 4) is 0 Å². The number of anilines is 1. The van der Waals surface area contributed by atoms with E-state index in [-0.39, 0.29) is 11.6 Å². The summed E-state index contributed by atoms with van der Waals surface area (Å²) in [6, 6.07) is 11.3. The average Bonchev–Trinajstić information content (AvgIpc) is 2.51. The number of carbonyl (C=O) groups is 1. The topological polar surface area (TPSA) is 84.3 Å². The van der Waals surface area contributed by atoms with E-state index in [1.807, 2.05) is 0 Å². The lowest BCUT2D eigenvalue weighted by Gasteiger charge is -2.09. The minimum atomic E-state index is -0.456. The molecule has 0 saturated heterocycles. The van der Waals surface area contributed by atoms with E-state index in [4.69, 9.17) is 11.6 Å². The Hall–Kier alpha value is -2.12. The predicted molar refractivity (Wildman–Crippen MR) is 93.1 cm³/mol. The Kier molecular flexibility index (Phi) is 5.95. The van der Waals surface area contributed by atoms with Crippen LogP contribution in [0, 0.1) is 10.1 Å². The van der Waals surface area contributed by atoms with Gasteiger partial charge < -0.3 is 10.6 Å². The highest BCUT2D eigenvalue weighted by Gasteiger charge is 2.12. The van der Waals surface area contributed by atoms with Gasteiger partial charge in [0, 0.05) is 23.6 Å². The first-order valence-corrected chi connectivity index (χ1v) is 7.86. The van der Waals surface area contributed by atoms with Gasteiger partial charge in [-0.3, -0.25) is 14.9 Å². The lowest BCUT2D eigenvalue weighted by Crippen LogP contribution is -2.29. The van der Waals surface area contributed by atoms with Gasteiger partial charge in [0.15, 0.2) is 0 Å². The third-order valence-electron chi connectivity index (χ3n) is 3.00. The molecule has 0 saturated carbocycles. The monoisotopic (exact) mass is 397 g/mol. The number of hydrogen-bond donors (Lipinski definition) is 2. The molecule has 0 bridgehead atoms. The lowest BCUT2D eigenvalue weighted by atomic mass is 10.2. The van der Waals surface area contributed by atoms with Crippen LogP contribution in [0.2, 0.25) is 5.02 Å². The van der Waals surface area contributed by atoms with E-state index in [9.17, 15) is 14.9 Å². The van der Waals surface area contributed by atoms with Crippen LogP contribution in [0.5, 0.6) is 0 Å². The zero-order chi connectivity index (χ0) is 16.8. The summed E-state index contributed by atoms with van der Waals surface area (Å²) in [4.78, 5) is 22.5. The average molecular weight is 399 g/mol. The summed E-state index contributed by atoms with van der Waals surface area (Å²) in [5.74, 6) is -0.299. The molecule has 120 valence electrons. The van der Waals surface area contributed by atoms with Crippen LogP contribution in [0.25, 0.3) is 0 Å². The maximum atomic E-state index is 12.0. The number of nitrogens with zero attached hydrogens (tertiary/aromatic N) is 1. The normalized spacial score (nSPS) is 10.2. The molecule has 8 heteroatoms. The van der Waals surface area contributed by atoms with E-state index < -0.39 is 4.92 Å². The second-order valence-corrected chi connectivity index (χ2v) is 5.90. The van der Waals surface area contributed by atoms with Crippen molar-refractivity contribution in [2.45, 2.75) is 0 Å². The minimum Gasteiger partial charge on any atom is -0.378 e. The largest absolute Gasteiger partial charge is 0.378 e. The number of hydrogen-bond acceptors (Lipinski definition) is 4. The second-order valence-electron chi connectivity index (χ2n) is 4.58. The Morgan fingerprint density at radius 1 is 1.22 bits per heavy atom. The van der Waals surface area contributed by atoms with Gasteiger partial charge in [0.2, 0.25) is 0 Å². The molecule has 2 rings (SSSR count). The number of halogens is 2. The molecule has 0 heterocycles. The third-order valence-corrected chi connectivity index (χ3v) is 3.81. The quantitative estimate of drug-likeness (QED) is 0.440. The molecule has 2 N–H and O–H groups in total. The summed E-state index contributed by atoms with van der Waals surface area (Å²) in [5, 5.41) is 16.9. The van der Waals surface area contributed by atoms with E-state index in [1.165, 1.54) is 6.07 Å². The summed E-state index contributed by atoms with van der Waals surface area (Å²) >= 11 is 9.28. The summed E-state index contributed by atoms with van der Waals surface area (Å²) in [7, 11) is 0. The number of benzene rings is 2. The van der Waals surface area contributed by atoms with Crippen molar-refractivity contribution >= 4 is 44.8 Å². The number of amides is 1. The van der Waals surface area contributed by atoms with Crippen LogP contribution >= 0.6 is 27.5 Å². The fourth-order valence-electron chi connectivity index (χ4n) is 1.92. The maximum absolute atomic E-state index is 12.0. The molecule has 1 amide bonds. The first-order valence-electron chi connectivity index (χ1n) is 6.69. The van der Waals surface area contributed by atoms with Crippen molar-refractivity contribution in [1.29, 1.82) is 0 Å². The van der Waals surface area contributed by atoms with Crippen LogP contribution in [-0.4, -0.2) is 23.9 Å². The highest BCUT2D eigenvalue weighted by Crippen LogP contribution is 2.23. The van der Waals surface area contributed by atoms with Crippen molar-refractivity contribution in [1.82, 2.24) is 5.32 Å². The van der Waals surface area contributed by atoms with Gasteiger partial charge in [0.05, 0.1) is 15.5 Å². The van der Waals surface area contributed by atoms with Crippen molar-refractivity contribution in [2.24, 2.45) is 0 Å². The predicted octanol–water partition coefficient (Wildman–Crippen LogP) is 3.85. The molecule has 23 heavy (non-hydrogen) atoms. The molecule has 0 aliphatic rings. The Morgan fingerprint density at radius 3 is 2.65 bits per heavy atom. The highest BCUT2D eigenvalue weighted by molar-refractivity contribution is 9.10. The van der Waals surface area contributed by atoms with Crippen molar-refractivity contribution in [3.63, 3.8) is 0 Å². The fourth-order valence-corrected chi connectivity index (χ4v) is 2.68. The number of nitrogens with one attached hydrogen (secondary N) is 2. The third kappa shape index (κ3) is 4.67. The first-order chi connectivity index (χ1) is 11.0. The minimum absolute atomic E-state index is 0.00483. The zero-order valence-corrected chi connectivity index (χ0v) is 14.2. The Bertz CT molecular complexity index is 740. The van der Waals surface area contributed by atoms with Crippen LogP contribution in [-0.2, 0) is 0 Å². The molecular formula is C15H13BrClN3O3. The van der Waals surface area contributed by atoms with Gasteiger partial charge in [-0.1, -0.05) is 39.7 Å². The van der Waals surface area contributed by atoms with Crippen LogP contribution in [0.3, 0.4) is 0 Å². The maximum Gasteiger partial charge on any atom is 0.292 e. The van der Waals surface area contributed by atoms with Crippen LogP contribution in [0.4, 0.5) is 11.4 Å². The molecule has 0 unspecified atom stereocenters. The summed E-state index contributed by atoms with van der Waals surface area (Å²) in [6.07, 6.45) is 0. The number of rotatable bonds is 6. The van der Waals surface area contributed by atoms with Gasteiger partial charge in [-0.05, 0) is 24.3 Å². The van der Waals surface area contributed by atoms with Gasteiger partial charge in [-0.2, -0.15) is 0 Å². The summed E-state index contributed by atoms with van der Waals surface area (Å²) in [6.45, 7) is 0.655. The fraction of sp³-hybridized carbons (Fsp3) is 0.133. The van der Waals surface area contributed by atoms with Crippen LogP contribution in [0.15, 0.2) is 46.9 Å². The molecular weight excluding hydrogens is 386 g/mol. The number of nitro groups is 1. The molecule has 0 fully saturated rings. The van der Waals surface area contributed by atoms with Gasteiger partial charge in [-0.25, -0.2) is 0 Å². The van der Waals surface area contributed by atoms with E-state index in [0.29, 0.717) is 29.4 Å². The van der Waals surface area contributed by atoms with Crippen molar-refractivity contribution in [2.75, 3.05) is 18.4 Å². The van der Waals surface area contributed by atoms with Gasteiger partial charge in [0.25, 0.3) is 11.6 Å². The second kappa shape index (κ2) is 7.94. The van der Waals surface area contributed by atoms with Crippen LogP contribution < -0.4 is 10.6 Å². The van der Waals surface area contributed by atoms with Gasteiger partial charge >= 0.3 is 0 Å². The molecule has 0 atom stereocenters. The molecule has 2 aromatic rings. The Labute approximate surface area is 146 Å². The van der Waals surface area contributed by atoms with Gasteiger partial charge in [-0.15, -0.1) is 0 Å². The number of para-hydroxylation sites is 2. The molecule has 0 aromatic heterocycles. The summed E-state index contributed by atoms with van der Waals surface area (Å²) in [5.41, 5.74) is 0.781. The van der Waals surface area contributed by atoms with E-state index >= 15 is 0 Å². The molecule has 0 radical (unpaired) electrons. The Morgan fingerprint density at radius 2 is 1.96 bits per heavy atom. The van der Waals surface area contributed by atoms with Crippen molar-refractivity contribution < 1.29 is 9.72 Å². The lowest BCUT2D eigenvalue weighted by molar-refractivity contribution is -0.384. The standard InChI is InChI=1S/C15H13BrClN3O3/c16-10-5-6-11(12(17)9-10)15(21)19-8-7-18-13-3-1-2-4-14(13)20(22)23/h1-6,9,18H,7-8H2,(H,19,21). The molecule has 2 aromatic carbocycles. The number of carbonyl (C=O) groups excluding carboxylic acids is 1. The SMILES string of the molecule is O=C(NCCNc1ccccc1[N+](=O)[O-])c1ccc(Br)cc1Cl. The Balaban J connectivity index is 1.88. The van der Waals surface area contributed by atoms with E-state index in [2.05, 4.69) is 26.6 Å². The summed E-state index contributed by atoms with van der Waals surface area (Å²) < 4.78 is 0.789. The van der Waals surface area contributed by atoms with Gasteiger partial charge in [0.1, 0.15) is 5.69 Å². The molecule has 0 aliphatic heterocycles. The number of nitro benzene ring substituents is 1. The van der Waals surface area contributed by atoms with Crippen molar-refractivity contribution in [3.05, 3.63) is 67.6 Å². The molecule has 0 aliphatic carbocycles. The molecule has 6 nitrogen and oxygen atoms in total. The highest BCUT2D eigenvalue weighted by atomic mass is 79.9.